The fourth-order valence-corrected chi connectivity index (χ4v) is 2.45. The minimum absolute atomic E-state index is 0.233. The Morgan fingerprint density at radius 2 is 2.11 bits per heavy atom. The lowest BCUT2D eigenvalue weighted by Crippen LogP contribution is -2.35. The topological polar surface area (TPSA) is 58.7 Å². The molecule has 1 fully saturated rings. The molecule has 1 aliphatic heterocycles. The van der Waals surface area contributed by atoms with E-state index < -0.39 is 5.82 Å². The average Bonchev–Trinajstić information content (AvgIpc) is 2.42. The smallest absolute Gasteiger partial charge is 0.167 e. The fraction of sp³-hybridized carbons (Fsp3) is 0.571. The zero-order valence-electron chi connectivity index (χ0n) is 11.2. The second kappa shape index (κ2) is 6.10. The van der Waals surface area contributed by atoms with Crippen molar-refractivity contribution in [3.8, 4) is 5.75 Å². The Bertz CT molecular complexity index is 432. The SMILES string of the molecule is CCOc1cc(N2CCC(CO)CC2)c(N)cc1F. The first kappa shape index (κ1) is 13.9. The van der Waals surface area contributed by atoms with Crippen LogP contribution in [-0.4, -0.2) is 31.4 Å². The Balaban J connectivity index is 2.17. The molecule has 5 heteroatoms. The number of aliphatic hydroxyl groups excluding tert-OH is 1. The Morgan fingerprint density at radius 3 is 2.68 bits per heavy atom. The summed E-state index contributed by atoms with van der Waals surface area (Å²) in [5.41, 5.74) is 7.15. The van der Waals surface area contributed by atoms with Crippen LogP contribution in [0, 0.1) is 11.7 Å². The van der Waals surface area contributed by atoms with Gasteiger partial charge in [-0.15, -0.1) is 0 Å². The van der Waals surface area contributed by atoms with Crippen LogP contribution in [0.2, 0.25) is 0 Å². The highest BCUT2D eigenvalue weighted by molar-refractivity contribution is 5.70. The highest BCUT2D eigenvalue weighted by atomic mass is 19.1. The van der Waals surface area contributed by atoms with Gasteiger partial charge < -0.3 is 20.5 Å². The number of nitrogen functional groups attached to an aromatic ring is 1. The largest absolute Gasteiger partial charge is 0.491 e. The van der Waals surface area contributed by atoms with Crippen molar-refractivity contribution >= 4 is 11.4 Å². The van der Waals surface area contributed by atoms with Crippen molar-refractivity contribution in [2.24, 2.45) is 5.92 Å². The molecule has 106 valence electrons. The number of nitrogens with two attached hydrogens (primary N) is 1. The number of piperidine rings is 1. The van der Waals surface area contributed by atoms with Crippen LogP contribution < -0.4 is 15.4 Å². The number of hydrogen-bond donors (Lipinski definition) is 2. The van der Waals surface area contributed by atoms with Gasteiger partial charge in [0, 0.05) is 31.8 Å². The predicted molar refractivity (Wildman–Crippen MR) is 74.0 cm³/mol. The second-order valence-electron chi connectivity index (χ2n) is 4.89. The molecule has 1 aliphatic rings. The molecule has 0 bridgehead atoms. The monoisotopic (exact) mass is 268 g/mol. The summed E-state index contributed by atoms with van der Waals surface area (Å²) >= 11 is 0. The van der Waals surface area contributed by atoms with E-state index in [0.29, 0.717) is 18.2 Å². The summed E-state index contributed by atoms with van der Waals surface area (Å²) in [5, 5.41) is 9.14. The Hall–Kier alpha value is -1.49. The first-order valence-corrected chi connectivity index (χ1v) is 6.73. The van der Waals surface area contributed by atoms with Crippen LogP contribution in [0.25, 0.3) is 0 Å². The van der Waals surface area contributed by atoms with E-state index in [2.05, 4.69) is 4.90 Å². The number of rotatable bonds is 4. The van der Waals surface area contributed by atoms with Gasteiger partial charge >= 0.3 is 0 Å². The van der Waals surface area contributed by atoms with Gasteiger partial charge in [0.2, 0.25) is 0 Å². The van der Waals surface area contributed by atoms with Gasteiger partial charge in [-0.05, 0) is 25.7 Å². The lowest BCUT2D eigenvalue weighted by molar-refractivity contribution is 0.203. The molecule has 1 aromatic rings. The van der Waals surface area contributed by atoms with Crippen molar-refractivity contribution in [3.05, 3.63) is 17.9 Å². The summed E-state index contributed by atoms with van der Waals surface area (Å²) in [4.78, 5) is 2.13. The maximum absolute atomic E-state index is 13.6. The molecule has 2 rings (SSSR count). The van der Waals surface area contributed by atoms with Crippen molar-refractivity contribution in [1.82, 2.24) is 0 Å². The molecule has 0 atom stereocenters. The van der Waals surface area contributed by atoms with Crippen molar-refractivity contribution in [3.63, 3.8) is 0 Å². The number of hydrogen-bond acceptors (Lipinski definition) is 4. The third-order valence-corrected chi connectivity index (χ3v) is 3.59. The van der Waals surface area contributed by atoms with Gasteiger partial charge in [0.05, 0.1) is 18.0 Å². The third-order valence-electron chi connectivity index (χ3n) is 3.59. The van der Waals surface area contributed by atoms with E-state index in [4.69, 9.17) is 15.6 Å². The minimum Gasteiger partial charge on any atom is -0.491 e. The molecule has 1 heterocycles. The van der Waals surface area contributed by atoms with Crippen molar-refractivity contribution in [2.45, 2.75) is 19.8 Å². The second-order valence-corrected chi connectivity index (χ2v) is 4.89. The van der Waals surface area contributed by atoms with Gasteiger partial charge in [-0.2, -0.15) is 0 Å². The zero-order chi connectivity index (χ0) is 13.8. The molecule has 1 saturated heterocycles. The fourth-order valence-electron chi connectivity index (χ4n) is 2.45. The van der Waals surface area contributed by atoms with E-state index in [1.807, 2.05) is 6.92 Å². The summed E-state index contributed by atoms with van der Waals surface area (Å²) in [5.74, 6) is 0.189. The molecule has 0 aromatic heterocycles. The van der Waals surface area contributed by atoms with Crippen LogP contribution in [0.3, 0.4) is 0 Å². The third kappa shape index (κ3) is 3.10. The van der Waals surface area contributed by atoms with Crippen LogP contribution in [0.1, 0.15) is 19.8 Å². The lowest BCUT2D eigenvalue weighted by atomic mass is 9.97. The molecule has 4 nitrogen and oxygen atoms in total. The molecule has 0 spiro atoms. The minimum atomic E-state index is -0.423. The van der Waals surface area contributed by atoms with Gasteiger partial charge in [0.1, 0.15) is 0 Å². The van der Waals surface area contributed by atoms with E-state index in [1.54, 1.807) is 6.07 Å². The molecule has 19 heavy (non-hydrogen) atoms. The maximum atomic E-state index is 13.6. The van der Waals surface area contributed by atoms with Crippen molar-refractivity contribution in [2.75, 3.05) is 36.9 Å². The summed E-state index contributed by atoms with van der Waals surface area (Å²) in [6.07, 6.45) is 1.86. The maximum Gasteiger partial charge on any atom is 0.167 e. The number of nitrogens with zero attached hydrogens (tertiary/aromatic N) is 1. The quantitative estimate of drug-likeness (QED) is 0.820. The first-order valence-electron chi connectivity index (χ1n) is 6.73. The molecular formula is C14H21FN2O2. The average molecular weight is 268 g/mol. The number of benzene rings is 1. The van der Waals surface area contributed by atoms with Crippen LogP contribution in [0.4, 0.5) is 15.8 Å². The molecule has 0 amide bonds. The first-order chi connectivity index (χ1) is 9.15. The molecule has 1 aromatic carbocycles. The number of anilines is 2. The van der Waals surface area contributed by atoms with E-state index >= 15 is 0 Å². The highest BCUT2D eigenvalue weighted by Crippen LogP contribution is 2.33. The number of aliphatic hydroxyl groups is 1. The van der Waals surface area contributed by atoms with Crippen LogP contribution in [0.5, 0.6) is 5.75 Å². The molecule has 0 saturated carbocycles. The van der Waals surface area contributed by atoms with Crippen LogP contribution >= 0.6 is 0 Å². The Kier molecular flexibility index (Phi) is 4.47. The number of halogens is 1. The normalized spacial score (nSPS) is 16.7. The van der Waals surface area contributed by atoms with Gasteiger partial charge in [0.15, 0.2) is 11.6 Å². The molecular weight excluding hydrogens is 247 g/mol. The summed E-state index contributed by atoms with van der Waals surface area (Å²) in [6.45, 7) is 4.13. The van der Waals surface area contributed by atoms with E-state index in [1.165, 1.54) is 6.07 Å². The van der Waals surface area contributed by atoms with Gasteiger partial charge in [0.25, 0.3) is 0 Å². The summed E-state index contributed by atoms with van der Waals surface area (Å²) in [7, 11) is 0. The highest BCUT2D eigenvalue weighted by Gasteiger charge is 2.21. The van der Waals surface area contributed by atoms with Crippen LogP contribution in [-0.2, 0) is 0 Å². The molecule has 0 unspecified atom stereocenters. The number of ether oxygens (including phenoxy) is 1. The molecule has 0 radical (unpaired) electrons. The van der Waals surface area contributed by atoms with Crippen molar-refractivity contribution < 1.29 is 14.2 Å². The Morgan fingerprint density at radius 1 is 1.42 bits per heavy atom. The van der Waals surface area contributed by atoms with Gasteiger partial charge in [-0.3, -0.25) is 0 Å². The van der Waals surface area contributed by atoms with E-state index in [0.717, 1.165) is 31.6 Å². The lowest BCUT2D eigenvalue weighted by Gasteiger charge is -2.33. The predicted octanol–water partition coefficient (Wildman–Crippen LogP) is 2.02. The van der Waals surface area contributed by atoms with Gasteiger partial charge in [-0.1, -0.05) is 0 Å². The van der Waals surface area contributed by atoms with Gasteiger partial charge in [-0.25, -0.2) is 4.39 Å². The van der Waals surface area contributed by atoms with Crippen LogP contribution in [0.15, 0.2) is 12.1 Å². The zero-order valence-corrected chi connectivity index (χ0v) is 11.2. The summed E-state index contributed by atoms with van der Waals surface area (Å²) < 4.78 is 18.9. The van der Waals surface area contributed by atoms with E-state index in [-0.39, 0.29) is 12.4 Å². The standard InChI is InChI=1S/C14H21FN2O2/c1-2-19-14-8-13(12(16)7-11(14)15)17-5-3-10(9-18)4-6-17/h7-8,10,18H,2-6,9,16H2,1H3. The molecule has 0 aliphatic carbocycles. The van der Waals surface area contributed by atoms with E-state index in [9.17, 15) is 4.39 Å². The van der Waals surface area contributed by atoms with Crippen molar-refractivity contribution in [1.29, 1.82) is 0 Å². The Labute approximate surface area is 113 Å². The summed E-state index contributed by atoms with van der Waals surface area (Å²) in [6, 6.07) is 2.99. The molecule has 3 N–H and O–H groups in total.